The topological polar surface area (TPSA) is 55.2 Å². The zero-order valence-corrected chi connectivity index (χ0v) is 7.74. The summed E-state index contributed by atoms with van der Waals surface area (Å²) in [6.45, 7) is 0.571. The molecule has 5 heteroatoms. The van der Waals surface area contributed by atoms with Crippen LogP contribution in [0.5, 0.6) is 0 Å². The molecule has 0 saturated heterocycles. The Morgan fingerprint density at radius 3 is 2.92 bits per heavy atom. The standard InChI is InChI=1S/C7H7BrN2O2/c8-9-5-6-2-1-3-7(4-6)10(11)12/h1-4,9H,5H2. The van der Waals surface area contributed by atoms with Gasteiger partial charge in [0.15, 0.2) is 0 Å². The maximum Gasteiger partial charge on any atom is 0.269 e. The number of rotatable bonds is 3. The van der Waals surface area contributed by atoms with Gasteiger partial charge in [-0.3, -0.25) is 14.5 Å². The van der Waals surface area contributed by atoms with Crippen molar-refractivity contribution >= 4 is 21.8 Å². The van der Waals surface area contributed by atoms with Crippen LogP contribution in [-0.2, 0) is 6.54 Å². The highest BCUT2D eigenvalue weighted by atomic mass is 79.9. The molecule has 0 fully saturated rings. The van der Waals surface area contributed by atoms with Crippen molar-refractivity contribution in [2.24, 2.45) is 0 Å². The van der Waals surface area contributed by atoms with Gasteiger partial charge in [0.1, 0.15) is 0 Å². The molecule has 0 atom stereocenters. The highest BCUT2D eigenvalue weighted by Crippen LogP contribution is 2.12. The fourth-order valence-corrected chi connectivity index (χ4v) is 1.18. The number of non-ortho nitro benzene ring substituents is 1. The quantitative estimate of drug-likeness (QED) is 0.491. The number of nitrogens with one attached hydrogen (secondary N) is 1. The van der Waals surface area contributed by atoms with E-state index < -0.39 is 4.92 Å². The Bertz CT molecular complexity index is 290. The van der Waals surface area contributed by atoms with Gasteiger partial charge in [-0.25, -0.2) is 0 Å². The van der Waals surface area contributed by atoms with Gasteiger partial charge in [0, 0.05) is 34.8 Å². The minimum atomic E-state index is -0.405. The number of hydrogen-bond acceptors (Lipinski definition) is 3. The van der Waals surface area contributed by atoms with Gasteiger partial charge in [0.25, 0.3) is 5.69 Å². The van der Waals surface area contributed by atoms with Crippen molar-refractivity contribution in [2.75, 3.05) is 0 Å². The molecule has 0 spiro atoms. The molecule has 0 aliphatic carbocycles. The maximum atomic E-state index is 10.3. The van der Waals surface area contributed by atoms with E-state index in [0.717, 1.165) is 5.56 Å². The van der Waals surface area contributed by atoms with Crippen molar-refractivity contribution < 1.29 is 4.92 Å². The Hall–Kier alpha value is -0.940. The number of nitro benzene ring substituents is 1. The summed E-state index contributed by atoms with van der Waals surface area (Å²) in [6, 6.07) is 6.49. The summed E-state index contributed by atoms with van der Waals surface area (Å²) in [5.74, 6) is 0. The molecule has 0 heterocycles. The van der Waals surface area contributed by atoms with Crippen LogP contribution in [0.3, 0.4) is 0 Å². The summed E-state index contributed by atoms with van der Waals surface area (Å²) in [4.78, 5) is 9.93. The number of halogens is 1. The van der Waals surface area contributed by atoms with Crippen LogP contribution in [0.4, 0.5) is 5.69 Å². The lowest BCUT2D eigenvalue weighted by atomic mass is 10.2. The van der Waals surface area contributed by atoms with Gasteiger partial charge in [0.2, 0.25) is 0 Å². The molecule has 0 aliphatic rings. The van der Waals surface area contributed by atoms with E-state index in [-0.39, 0.29) is 5.69 Å². The van der Waals surface area contributed by atoms with Gasteiger partial charge in [0.05, 0.1) is 4.92 Å². The summed E-state index contributed by atoms with van der Waals surface area (Å²) in [5.41, 5.74) is 0.997. The molecule has 0 bridgehead atoms. The zero-order chi connectivity index (χ0) is 8.97. The minimum absolute atomic E-state index is 0.121. The number of nitrogens with zero attached hydrogens (tertiary/aromatic N) is 1. The SMILES string of the molecule is O=[N+]([O-])c1cccc(CNBr)c1. The number of hydrogen-bond donors (Lipinski definition) is 1. The van der Waals surface area contributed by atoms with Crippen molar-refractivity contribution in [3.63, 3.8) is 0 Å². The van der Waals surface area contributed by atoms with Crippen molar-refractivity contribution in [1.82, 2.24) is 4.34 Å². The number of benzene rings is 1. The monoisotopic (exact) mass is 230 g/mol. The first-order chi connectivity index (χ1) is 5.74. The van der Waals surface area contributed by atoms with Crippen LogP contribution < -0.4 is 4.34 Å². The minimum Gasteiger partial charge on any atom is -0.258 e. The first kappa shape index (κ1) is 9.15. The van der Waals surface area contributed by atoms with Crippen molar-refractivity contribution in [2.45, 2.75) is 6.54 Å². The van der Waals surface area contributed by atoms with Gasteiger partial charge in [-0.1, -0.05) is 12.1 Å². The summed E-state index contributed by atoms with van der Waals surface area (Å²) >= 11 is 3.03. The van der Waals surface area contributed by atoms with E-state index in [0.29, 0.717) is 6.54 Å². The Morgan fingerprint density at radius 2 is 2.33 bits per heavy atom. The van der Waals surface area contributed by atoms with Crippen molar-refractivity contribution in [1.29, 1.82) is 0 Å². The molecule has 0 aliphatic heterocycles. The summed E-state index contributed by atoms with van der Waals surface area (Å²) in [5, 5.41) is 10.3. The largest absolute Gasteiger partial charge is 0.269 e. The average Bonchev–Trinajstić information content (AvgIpc) is 2.05. The average molecular weight is 231 g/mol. The first-order valence-electron chi connectivity index (χ1n) is 3.31. The second-order valence-corrected chi connectivity index (χ2v) is 2.80. The van der Waals surface area contributed by atoms with E-state index in [1.807, 2.05) is 6.07 Å². The molecule has 0 saturated carbocycles. The van der Waals surface area contributed by atoms with Crippen molar-refractivity contribution in [3.8, 4) is 0 Å². The highest BCUT2D eigenvalue weighted by molar-refractivity contribution is 9.08. The summed E-state index contributed by atoms with van der Waals surface area (Å²) < 4.78 is 2.74. The maximum absolute atomic E-state index is 10.3. The van der Waals surface area contributed by atoms with Gasteiger partial charge < -0.3 is 0 Å². The van der Waals surface area contributed by atoms with E-state index in [1.54, 1.807) is 6.07 Å². The second-order valence-electron chi connectivity index (χ2n) is 2.24. The summed E-state index contributed by atoms with van der Waals surface area (Å²) in [6.07, 6.45) is 0. The molecule has 64 valence electrons. The predicted octanol–water partition coefficient (Wildman–Crippen LogP) is 1.99. The van der Waals surface area contributed by atoms with Gasteiger partial charge in [-0.15, -0.1) is 0 Å². The lowest BCUT2D eigenvalue weighted by molar-refractivity contribution is -0.384. The molecular formula is C7H7BrN2O2. The summed E-state index contributed by atoms with van der Waals surface area (Å²) in [7, 11) is 0. The van der Waals surface area contributed by atoms with E-state index >= 15 is 0 Å². The smallest absolute Gasteiger partial charge is 0.258 e. The molecule has 1 aromatic rings. The number of nitro groups is 1. The Morgan fingerprint density at radius 1 is 1.58 bits per heavy atom. The fraction of sp³-hybridized carbons (Fsp3) is 0.143. The van der Waals surface area contributed by atoms with Crippen molar-refractivity contribution in [3.05, 3.63) is 39.9 Å². The molecule has 1 N–H and O–H groups in total. The molecule has 0 unspecified atom stereocenters. The first-order valence-corrected chi connectivity index (χ1v) is 4.10. The third kappa shape index (κ3) is 2.28. The lowest BCUT2D eigenvalue weighted by Crippen LogP contribution is -1.98. The Kier molecular flexibility index (Phi) is 3.19. The van der Waals surface area contributed by atoms with Crippen LogP contribution in [0.25, 0.3) is 0 Å². The molecule has 4 nitrogen and oxygen atoms in total. The van der Waals surface area contributed by atoms with Crippen LogP contribution in [-0.4, -0.2) is 4.92 Å². The molecule has 0 amide bonds. The third-order valence-electron chi connectivity index (χ3n) is 1.39. The molecule has 0 aromatic heterocycles. The van der Waals surface area contributed by atoms with Crippen LogP contribution in [0, 0.1) is 10.1 Å². The zero-order valence-electron chi connectivity index (χ0n) is 6.16. The molecule has 12 heavy (non-hydrogen) atoms. The Balaban J connectivity index is 2.88. The van der Waals surface area contributed by atoms with E-state index in [9.17, 15) is 10.1 Å². The van der Waals surface area contributed by atoms with Crippen LogP contribution >= 0.6 is 16.1 Å². The third-order valence-corrected chi connectivity index (χ3v) is 1.67. The lowest BCUT2D eigenvalue weighted by Gasteiger charge is -1.97. The molecule has 1 rings (SSSR count). The normalized spacial score (nSPS) is 9.75. The van der Waals surface area contributed by atoms with Gasteiger partial charge in [-0.2, -0.15) is 0 Å². The van der Waals surface area contributed by atoms with E-state index in [2.05, 4.69) is 20.5 Å². The van der Waals surface area contributed by atoms with Gasteiger partial charge >= 0.3 is 0 Å². The molecule has 0 radical (unpaired) electrons. The molecular weight excluding hydrogens is 224 g/mol. The van der Waals surface area contributed by atoms with Crippen LogP contribution in [0.1, 0.15) is 5.56 Å². The second kappa shape index (κ2) is 4.18. The highest BCUT2D eigenvalue weighted by Gasteiger charge is 2.04. The van der Waals surface area contributed by atoms with Gasteiger partial charge in [-0.05, 0) is 5.56 Å². The van der Waals surface area contributed by atoms with E-state index in [4.69, 9.17) is 0 Å². The van der Waals surface area contributed by atoms with E-state index in [1.165, 1.54) is 12.1 Å². The fourth-order valence-electron chi connectivity index (χ4n) is 0.857. The predicted molar refractivity (Wildman–Crippen MR) is 48.9 cm³/mol. The molecule has 1 aromatic carbocycles. The Labute approximate surface area is 78.1 Å². The van der Waals surface area contributed by atoms with Crippen LogP contribution in [0.2, 0.25) is 0 Å². The van der Waals surface area contributed by atoms with Crippen LogP contribution in [0.15, 0.2) is 24.3 Å².